The number of amides is 1. The van der Waals surface area contributed by atoms with E-state index in [0.29, 0.717) is 12.2 Å². The number of nitrogens with zero attached hydrogens (tertiary/aromatic N) is 3. The second kappa shape index (κ2) is 7.23. The lowest BCUT2D eigenvalue weighted by Gasteiger charge is -2.31. The van der Waals surface area contributed by atoms with Crippen molar-refractivity contribution in [2.45, 2.75) is 64.7 Å². The fraction of sp³-hybridized carbons (Fsp3) is 0.611. The third-order valence-electron chi connectivity index (χ3n) is 3.48. The zero-order valence-electron chi connectivity index (χ0n) is 15.8. The molecule has 0 N–H and O–H groups in total. The minimum Gasteiger partial charge on any atom is -0.443 e. The maximum Gasteiger partial charge on any atom is 0.414 e. The van der Waals surface area contributed by atoms with Crippen molar-refractivity contribution in [3.63, 3.8) is 0 Å². The average Bonchev–Trinajstić information content (AvgIpc) is 2.49. The molecule has 1 aliphatic rings. The van der Waals surface area contributed by atoms with Gasteiger partial charge < -0.3 is 4.74 Å². The Kier molecular flexibility index (Phi) is 5.66. The van der Waals surface area contributed by atoms with E-state index in [1.807, 2.05) is 47.6 Å². The van der Waals surface area contributed by atoms with E-state index in [1.165, 1.54) is 6.21 Å². The van der Waals surface area contributed by atoms with E-state index >= 15 is 0 Å². The molecule has 138 valence electrons. The fourth-order valence-corrected chi connectivity index (χ4v) is 2.82. The quantitative estimate of drug-likeness (QED) is 0.750. The zero-order chi connectivity index (χ0) is 18.8. The van der Waals surface area contributed by atoms with Crippen LogP contribution >= 0.6 is 0 Å². The van der Waals surface area contributed by atoms with E-state index in [0.717, 1.165) is 24.2 Å². The fourth-order valence-electron chi connectivity index (χ4n) is 2.30. The maximum absolute atomic E-state index is 12.4. The Labute approximate surface area is 152 Å². The van der Waals surface area contributed by atoms with Crippen molar-refractivity contribution in [3.8, 4) is 0 Å². The van der Waals surface area contributed by atoms with Crippen LogP contribution in [0.1, 0.15) is 59.4 Å². The third-order valence-corrected chi connectivity index (χ3v) is 4.82. The van der Waals surface area contributed by atoms with Gasteiger partial charge in [0.15, 0.2) is 0 Å². The molecule has 0 aromatic carbocycles. The molecule has 0 saturated heterocycles. The molecule has 0 aliphatic carbocycles. The lowest BCUT2D eigenvalue weighted by Crippen LogP contribution is -2.40. The molecule has 1 atom stereocenters. The van der Waals surface area contributed by atoms with E-state index in [4.69, 9.17) is 4.74 Å². The number of carbonyl (C=O) groups is 1. The maximum atomic E-state index is 12.4. The van der Waals surface area contributed by atoms with Crippen LogP contribution in [0.15, 0.2) is 16.5 Å². The third kappa shape index (κ3) is 5.36. The minimum atomic E-state index is -1.32. The molecule has 0 radical (unpaired) electrons. The van der Waals surface area contributed by atoms with Crippen LogP contribution < -0.4 is 4.90 Å². The van der Waals surface area contributed by atoms with E-state index < -0.39 is 21.3 Å². The predicted octanol–water partition coefficient (Wildman–Crippen LogP) is 3.65. The Bertz CT molecular complexity index is 702. The predicted molar refractivity (Wildman–Crippen MR) is 102 cm³/mol. The van der Waals surface area contributed by atoms with Crippen LogP contribution in [0.5, 0.6) is 0 Å². The highest BCUT2D eigenvalue weighted by molar-refractivity contribution is 7.85. The van der Waals surface area contributed by atoms with Gasteiger partial charge in [0.2, 0.25) is 0 Å². The highest BCUT2D eigenvalue weighted by atomic mass is 32.2. The van der Waals surface area contributed by atoms with Gasteiger partial charge in [-0.3, -0.25) is 4.90 Å². The van der Waals surface area contributed by atoms with Gasteiger partial charge in [0.05, 0.1) is 28.0 Å². The molecule has 0 unspecified atom stereocenters. The zero-order valence-corrected chi connectivity index (χ0v) is 16.6. The van der Waals surface area contributed by atoms with Crippen LogP contribution in [0.3, 0.4) is 0 Å². The van der Waals surface area contributed by atoms with E-state index in [2.05, 4.69) is 9.38 Å². The van der Waals surface area contributed by atoms with E-state index in [-0.39, 0.29) is 6.09 Å². The molecule has 1 amide bonds. The molecular formula is C18H27N3O3S. The Balaban J connectivity index is 2.21. The topological polar surface area (TPSA) is 71.9 Å². The summed E-state index contributed by atoms with van der Waals surface area (Å²) in [5.74, 6) is 0. The molecule has 0 bridgehead atoms. The summed E-state index contributed by atoms with van der Waals surface area (Å²) >= 11 is 0. The van der Waals surface area contributed by atoms with Gasteiger partial charge in [-0.2, -0.15) is 4.40 Å². The Morgan fingerprint density at radius 1 is 1.28 bits per heavy atom. The number of ether oxygens (including phenoxy) is 1. The lowest BCUT2D eigenvalue weighted by atomic mass is 10.1. The lowest BCUT2D eigenvalue weighted by molar-refractivity contribution is 0.0577. The van der Waals surface area contributed by atoms with Crippen LogP contribution in [0.25, 0.3) is 0 Å². The number of pyridine rings is 1. The summed E-state index contributed by atoms with van der Waals surface area (Å²) in [6.45, 7) is 11.8. The normalized spacial score (nSPS) is 16.6. The summed E-state index contributed by atoms with van der Waals surface area (Å²) in [5.41, 5.74) is 1.71. The summed E-state index contributed by atoms with van der Waals surface area (Å²) < 4.78 is 21.2. The highest BCUT2D eigenvalue weighted by Crippen LogP contribution is 2.27. The summed E-state index contributed by atoms with van der Waals surface area (Å²) in [4.78, 5) is 18.6. The van der Waals surface area contributed by atoms with Gasteiger partial charge in [-0.1, -0.05) is 0 Å². The second-order valence-electron chi connectivity index (χ2n) is 8.03. The summed E-state index contributed by atoms with van der Waals surface area (Å²) in [6, 6.07) is 3.64. The minimum absolute atomic E-state index is 0.356. The van der Waals surface area contributed by atoms with Crippen molar-refractivity contribution in [3.05, 3.63) is 23.5 Å². The number of anilines is 1. The molecular weight excluding hydrogens is 338 g/mol. The van der Waals surface area contributed by atoms with E-state index in [1.54, 1.807) is 11.0 Å². The molecule has 1 aliphatic heterocycles. The van der Waals surface area contributed by atoms with Gasteiger partial charge in [0.1, 0.15) is 16.6 Å². The van der Waals surface area contributed by atoms with Gasteiger partial charge in [0.25, 0.3) is 0 Å². The van der Waals surface area contributed by atoms with Crippen molar-refractivity contribution in [1.29, 1.82) is 0 Å². The number of rotatable bonds is 2. The number of hydrogen-bond donors (Lipinski definition) is 0. The number of fused-ring (bicyclic) bond motifs is 1. The van der Waals surface area contributed by atoms with Crippen LogP contribution in [0, 0.1) is 0 Å². The van der Waals surface area contributed by atoms with Crippen molar-refractivity contribution < 1.29 is 13.7 Å². The number of aryl methyl sites for hydroxylation is 1. The number of hydrogen-bond acceptors (Lipinski definition) is 4. The summed E-state index contributed by atoms with van der Waals surface area (Å²) in [7, 11) is -1.32. The summed E-state index contributed by atoms with van der Waals surface area (Å²) in [6.07, 6.45) is 2.80. The van der Waals surface area contributed by atoms with Crippen molar-refractivity contribution >= 4 is 29.0 Å². The first-order chi connectivity index (χ1) is 11.5. The Hall–Kier alpha value is -1.76. The molecule has 0 fully saturated rings. The molecule has 1 aromatic heterocycles. The molecule has 6 nitrogen and oxygen atoms in total. The van der Waals surface area contributed by atoms with Crippen LogP contribution in [0.2, 0.25) is 0 Å². The monoisotopic (exact) mass is 365 g/mol. The van der Waals surface area contributed by atoms with Gasteiger partial charge in [-0.25, -0.2) is 14.0 Å². The molecule has 2 rings (SSSR count). The summed E-state index contributed by atoms with van der Waals surface area (Å²) in [5, 5.41) is 0. The number of carbonyl (C=O) groups excluding carboxylic acids is 1. The molecule has 0 saturated carbocycles. The van der Waals surface area contributed by atoms with Crippen molar-refractivity contribution in [1.82, 2.24) is 4.98 Å². The largest absolute Gasteiger partial charge is 0.443 e. The highest BCUT2D eigenvalue weighted by Gasteiger charge is 2.28. The number of aromatic nitrogens is 1. The van der Waals surface area contributed by atoms with Gasteiger partial charge in [-0.15, -0.1) is 0 Å². The van der Waals surface area contributed by atoms with Crippen LogP contribution in [-0.4, -0.2) is 38.4 Å². The van der Waals surface area contributed by atoms with Gasteiger partial charge in [0, 0.05) is 6.54 Å². The Morgan fingerprint density at radius 2 is 1.96 bits per heavy atom. The smallest absolute Gasteiger partial charge is 0.414 e. The van der Waals surface area contributed by atoms with Crippen molar-refractivity contribution in [2.24, 2.45) is 4.40 Å². The first-order valence-corrected chi connectivity index (χ1v) is 9.54. The van der Waals surface area contributed by atoms with Crippen LogP contribution in [0.4, 0.5) is 10.5 Å². The molecule has 7 heteroatoms. The molecule has 2 heterocycles. The van der Waals surface area contributed by atoms with E-state index in [9.17, 15) is 9.00 Å². The Morgan fingerprint density at radius 3 is 2.56 bits per heavy atom. The standard InChI is InChI=1S/C18H27N3O3S/c1-17(2,3)24-16(22)21-11-7-8-14-15(21)10-9-13(20-14)12-19-25(23)18(4,5)6/h9-10,12H,7-8,11H2,1-6H3/t25-/m0/s1. The van der Waals surface area contributed by atoms with Gasteiger partial charge >= 0.3 is 6.09 Å². The van der Waals surface area contributed by atoms with Crippen molar-refractivity contribution in [2.75, 3.05) is 11.4 Å². The van der Waals surface area contributed by atoms with Crippen LogP contribution in [-0.2, 0) is 22.1 Å². The van der Waals surface area contributed by atoms with Gasteiger partial charge in [-0.05, 0) is 66.5 Å². The first kappa shape index (κ1) is 19.6. The molecule has 0 spiro atoms. The first-order valence-electron chi connectivity index (χ1n) is 8.44. The SMILES string of the molecule is CC(C)(C)OC(=O)N1CCCc2nc(C=N[S@@](=O)C(C)(C)C)ccc21. The molecule has 25 heavy (non-hydrogen) atoms. The molecule has 1 aromatic rings. The average molecular weight is 365 g/mol. The second-order valence-corrected chi connectivity index (χ2v) is 9.97.